The number of nitrogens with zero attached hydrogens (tertiary/aromatic N) is 1. The summed E-state index contributed by atoms with van der Waals surface area (Å²) in [5, 5.41) is 11.9. The first-order valence-corrected chi connectivity index (χ1v) is 12.5. The van der Waals surface area contributed by atoms with E-state index < -0.39 is 0 Å². The van der Waals surface area contributed by atoms with Crippen molar-refractivity contribution in [3.63, 3.8) is 0 Å². The summed E-state index contributed by atoms with van der Waals surface area (Å²) in [6.07, 6.45) is 3.17. The van der Waals surface area contributed by atoms with E-state index in [1.54, 1.807) is 29.6 Å². The smallest absolute Gasteiger partial charge is 0.319 e. The van der Waals surface area contributed by atoms with Gasteiger partial charge in [-0.15, -0.1) is 11.3 Å². The SMILES string of the molecule is Cc1ccc(OCc2nc(C(=O)NC3CCC(NC(=O)Nc4cccc(Cl)c4)CC3)cs2)cc1. The fourth-order valence-corrected chi connectivity index (χ4v) is 4.70. The van der Waals surface area contributed by atoms with Crippen molar-refractivity contribution in [2.24, 2.45) is 0 Å². The number of nitrogens with one attached hydrogen (secondary N) is 3. The number of aromatic nitrogens is 1. The van der Waals surface area contributed by atoms with E-state index in [0.29, 0.717) is 23.0 Å². The lowest BCUT2D eigenvalue weighted by Gasteiger charge is -2.29. The number of amides is 3. The topological polar surface area (TPSA) is 92.3 Å². The van der Waals surface area contributed by atoms with Crippen LogP contribution in [-0.2, 0) is 6.61 Å². The Hall–Kier alpha value is -3.10. The number of hydrogen-bond donors (Lipinski definition) is 3. The molecule has 0 atom stereocenters. The number of carbonyl (C=O) groups excluding carboxylic acids is 2. The van der Waals surface area contributed by atoms with Crippen LogP contribution >= 0.6 is 22.9 Å². The standard InChI is InChI=1S/C25H27ClN4O3S/c1-16-5-11-21(12-6-16)33-14-23-30-22(15-34-23)24(31)27-18-7-9-19(10-8-18)28-25(32)29-20-4-2-3-17(26)13-20/h2-6,11-13,15,18-19H,7-10,14H2,1H3,(H,27,31)(H2,28,29,32). The van der Waals surface area contributed by atoms with Crippen molar-refractivity contribution in [3.05, 3.63) is 75.2 Å². The van der Waals surface area contributed by atoms with Crippen LogP contribution in [0.15, 0.2) is 53.9 Å². The number of benzene rings is 2. The van der Waals surface area contributed by atoms with Crippen molar-refractivity contribution < 1.29 is 14.3 Å². The highest BCUT2D eigenvalue weighted by molar-refractivity contribution is 7.09. The van der Waals surface area contributed by atoms with E-state index >= 15 is 0 Å². The van der Waals surface area contributed by atoms with E-state index in [9.17, 15) is 9.59 Å². The highest BCUT2D eigenvalue weighted by Gasteiger charge is 2.24. The molecule has 0 spiro atoms. The zero-order valence-corrected chi connectivity index (χ0v) is 20.4. The van der Waals surface area contributed by atoms with Crippen LogP contribution in [0.3, 0.4) is 0 Å². The molecule has 0 bridgehead atoms. The molecule has 0 aliphatic heterocycles. The summed E-state index contributed by atoms with van der Waals surface area (Å²) in [5.41, 5.74) is 2.23. The monoisotopic (exact) mass is 498 g/mol. The van der Waals surface area contributed by atoms with Crippen molar-refractivity contribution in [3.8, 4) is 5.75 Å². The van der Waals surface area contributed by atoms with Crippen molar-refractivity contribution in [1.29, 1.82) is 0 Å². The minimum absolute atomic E-state index is 0.0653. The van der Waals surface area contributed by atoms with Crippen LogP contribution in [0.1, 0.15) is 46.7 Å². The summed E-state index contributed by atoms with van der Waals surface area (Å²) >= 11 is 7.36. The van der Waals surface area contributed by atoms with Gasteiger partial charge in [0.25, 0.3) is 5.91 Å². The van der Waals surface area contributed by atoms with E-state index in [1.165, 1.54) is 16.9 Å². The molecule has 9 heteroatoms. The molecule has 3 aromatic rings. The van der Waals surface area contributed by atoms with E-state index in [2.05, 4.69) is 20.9 Å². The Labute approximate surface area is 207 Å². The molecule has 34 heavy (non-hydrogen) atoms. The summed E-state index contributed by atoms with van der Waals surface area (Å²) in [5.74, 6) is 0.603. The summed E-state index contributed by atoms with van der Waals surface area (Å²) in [6.45, 7) is 2.35. The van der Waals surface area contributed by atoms with Crippen LogP contribution in [0.25, 0.3) is 0 Å². The second-order valence-electron chi connectivity index (χ2n) is 8.36. The third-order valence-electron chi connectivity index (χ3n) is 5.65. The highest BCUT2D eigenvalue weighted by atomic mass is 35.5. The third-order valence-corrected chi connectivity index (χ3v) is 6.71. The van der Waals surface area contributed by atoms with Crippen LogP contribution in [-0.4, -0.2) is 29.0 Å². The number of hydrogen-bond acceptors (Lipinski definition) is 5. The Bertz CT molecular complexity index is 1130. The summed E-state index contributed by atoms with van der Waals surface area (Å²) in [7, 11) is 0. The van der Waals surface area contributed by atoms with E-state index in [1.807, 2.05) is 31.2 Å². The largest absolute Gasteiger partial charge is 0.486 e. The Morgan fingerprint density at radius 2 is 1.76 bits per heavy atom. The molecule has 1 aliphatic carbocycles. The fraction of sp³-hybridized carbons (Fsp3) is 0.320. The molecule has 0 unspecified atom stereocenters. The highest BCUT2D eigenvalue weighted by Crippen LogP contribution is 2.21. The zero-order valence-electron chi connectivity index (χ0n) is 18.8. The van der Waals surface area contributed by atoms with Gasteiger partial charge in [0.15, 0.2) is 0 Å². The van der Waals surface area contributed by atoms with Crippen LogP contribution in [0, 0.1) is 6.92 Å². The van der Waals surface area contributed by atoms with Crippen LogP contribution in [0.4, 0.5) is 10.5 Å². The first-order valence-electron chi connectivity index (χ1n) is 11.2. The number of ether oxygens (including phenoxy) is 1. The minimum atomic E-state index is -0.252. The van der Waals surface area contributed by atoms with Crippen molar-refractivity contribution in [2.45, 2.75) is 51.3 Å². The molecular formula is C25H27ClN4O3S. The Morgan fingerprint density at radius 1 is 1.06 bits per heavy atom. The van der Waals surface area contributed by atoms with E-state index in [0.717, 1.165) is 36.4 Å². The molecule has 0 saturated heterocycles. The molecule has 3 amide bonds. The maximum atomic E-state index is 12.6. The van der Waals surface area contributed by atoms with Crippen LogP contribution < -0.4 is 20.7 Å². The molecule has 178 valence electrons. The summed E-state index contributed by atoms with van der Waals surface area (Å²) < 4.78 is 5.75. The summed E-state index contributed by atoms with van der Waals surface area (Å²) in [4.78, 5) is 29.3. The molecule has 1 aliphatic rings. The van der Waals surface area contributed by atoms with Gasteiger partial charge < -0.3 is 20.7 Å². The van der Waals surface area contributed by atoms with E-state index in [4.69, 9.17) is 16.3 Å². The molecule has 1 fully saturated rings. The van der Waals surface area contributed by atoms with Gasteiger partial charge in [-0.05, 0) is 62.9 Å². The van der Waals surface area contributed by atoms with Gasteiger partial charge in [-0.3, -0.25) is 4.79 Å². The van der Waals surface area contributed by atoms with E-state index in [-0.39, 0.29) is 24.0 Å². The van der Waals surface area contributed by atoms with Gasteiger partial charge in [0.05, 0.1) is 0 Å². The second kappa shape index (κ2) is 11.4. The molecule has 0 radical (unpaired) electrons. The number of anilines is 1. The first-order chi connectivity index (χ1) is 16.4. The lowest BCUT2D eigenvalue weighted by molar-refractivity contribution is 0.0919. The number of carbonyl (C=O) groups is 2. The number of aryl methyl sites for hydroxylation is 1. The zero-order chi connectivity index (χ0) is 23.9. The molecule has 7 nitrogen and oxygen atoms in total. The quantitative estimate of drug-likeness (QED) is 0.398. The third kappa shape index (κ3) is 6.95. The van der Waals surface area contributed by atoms with Crippen molar-refractivity contribution >= 4 is 40.6 Å². The maximum Gasteiger partial charge on any atom is 0.319 e. The number of rotatable bonds is 7. The average Bonchev–Trinajstić information content (AvgIpc) is 3.29. The van der Waals surface area contributed by atoms with Gasteiger partial charge in [-0.2, -0.15) is 0 Å². The molecule has 3 N–H and O–H groups in total. The molecule has 2 aromatic carbocycles. The van der Waals surface area contributed by atoms with Crippen LogP contribution in [0.5, 0.6) is 5.75 Å². The Balaban J connectivity index is 1.18. The maximum absolute atomic E-state index is 12.6. The number of urea groups is 1. The lowest BCUT2D eigenvalue weighted by atomic mass is 9.91. The lowest BCUT2D eigenvalue weighted by Crippen LogP contribution is -2.45. The molecule has 1 saturated carbocycles. The van der Waals surface area contributed by atoms with Gasteiger partial charge in [0.2, 0.25) is 0 Å². The van der Waals surface area contributed by atoms with Gasteiger partial charge >= 0.3 is 6.03 Å². The molecular weight excluding hydrogens is 472 g/mol. The van der Waals surface area contributed by atoms with Gasteiger partial charge in [0, 0.05) is 28.2 Å². The van der Waals surface area contributed by atoms with Crippen LogP contribution in [0.2, 0.25) is 5.02 Å². The minimum Gasteiger partial charge on any atom is -0.486 e. The number of halogens is 1. The molecule has 4 rings (SSSR count). The van der Waals surface area contributed by atoms with Gasteiger partial charge in [-0.1, -0.05) is 35.4 Å². The average molecular weight is 499 g/mol. The Morgan fingerprint density at radius 3 is 2.47 bits per heavy atom. The van der Waals surface area contributed by atoms with Gasteiger partial charge in [0.1, 0.15) is 23.1 Å². The predicted octanol–water partition coefficient (Wildman–Crippen LogP) is 5.55. The second-order valence-corrected chi connectivity index (χ2v) is 9.74. The van der Waals surface area contributed by atoms with Crippen molar-refractivity contribution in [2.75, 3.05) is 5.32 Å². The normalized spacial score (nSPS) is 17.6. The first kappa shape index (κ1) is 24.0. The molecule has 1 aromatic heterocycles. The summed E-state index contributed by atoms with van der Waals surface area (Å²) in [6, 6.07) is 14.7. The number of thiazole rings is 1. The van der Waals surface area contributed by atoms with Crippen molar-refractivity contribution in [1.82, 2.24) is 15.6 Å². The van der Waals surface area contributed by atoms with Gasteiger partial charge in [-0.25, -0.2) is 9.78 Å². The predicted molar refractivity (Wildman–Crippen MR) is 135 cm³/mol. The molecule has 1 heterocycles. The Kier molecular flexibility index (Phi) is 8.03. The fourth-order valence-electron chi connectivity index (χ4n) is 3.82.